The summed E-state index contributed by atoms with van der Waals surface area (Å²) in [6.45, 7) is 10.9. The highest BCUT2D eigenvalue weighted by atomic mass is 16.2. The molecule has 1 aliphatic carbocycles. The Bertz CT molecular complexity index is 878. The van der Waals surface area contributed by atoms with Gasteiger partial charge in [0, 0.05) is 26.2 Å². The molecule has 6 heteroatoms. The molecule has 6 nitrogen and oxygen atoms in total. The first-order chi connectivity index (χ1) is 12.6. The number of aromatic nitrogens is 3. The molecular formula is C21H28N4O2. The van der Waals surface area contributed by atoms with E-state index in [2.05, 4.69) is 37.8 Å². The molecule has 0 saturated carbocycles. The molecule has 2 heterocycles. The standard InChI is InChI=1S/C21H28N4O2/c1-13(2)12-24(6)20(27)15-7-8-18(22-11-15)25-16-9-21(4,5)10-17(26)19(16)14(3)23-25/h7-8,11,13H,9-10,12H2,1-6H3. The third kappa shape index (κ3) is 3.80. The molecular weight excluding hydrogens is 340 g/mol. The number of hydrogen-bond acceptors (Lipinski definition) is 4. The number of carbonyl (C=O) groups excluding carboxylic acids is 2. The van der Waals surface area contributed by atoms with Crippen molar-refractivity contribution in [1.82, 2.24) is 19.7 Å². The normalized spacial score (nSPS) is 15.7. The van der Waals surface area contributed by atoms with Gasteiger partial charge in [-0.3, -0.25) is 9.59 Å². The highest BCUT2D eigenvalue weighted by Crippen LogP contribution is 2.36. The third-order valence-electron chi connectivity index (χ3n) is 4.92. The minimum atomic E-state index is -0.0935. The van der Waals surface area contributed by atoms with Crippen molar-refractivity contribution in [2.45, 2.75) is 47.5 Å². The maximum Gasteiger partial charge on any atom is 0.255 e. The fraction of sp³-hybridized carbons (Fsp3) is 0.524. The Labute approximate surface area is 160 Å². The van der Waals surface area contributed by atoms with E-state index in [0.717, 1.165) is 23.4 Å². The summed E-state index contributed by atoms with van der Waals surface area (Å²) in [5.74, 6) is 1.14. The van der Waals surface area contributed by atoms with Gasteiger partial charge in [-0.2, -0.15) is 5.10 Å². The number of fused-ring (bicyclic) bond motifs is 1. The van der Waals surface area contributed by atoms with Gasteiger partial charge in [-0.05, 0) is 36.8 Å². The SMILES string of the molecule is Cc1nn(-c2ccc(C(=O)N(C)CC(C)C)cn2)c2c1C(=O)CC(C)(C)C2. The van der Waals surface area contributed by atoms with E-state index in [1.54, 1.807) is 35.0 Å². The fourth-order valence-corrected chi connectivity index (χ4v) is 3.82. The zero-order valence-corrected chi connectivity index (χ0v) is 17.0. The highest BCUT2D eigenvalue weighted by Gasteiger charge is 2.35. The van der Waals surface area contributed by atoms with Gasteiger partial charge < -0.3 is 4.90 Å². The molecule has 0 fully saturated rings. The third-order valence-corrected chi connectivity index (χ3v) is 4.92. The van der Waals surface area contributed by atoms with E-state index in [-0.39, 0.29) is 17.1 Å². The number of aryl methyl sites for hydroxylation is 1. The molecule has 0 N–H and O–H groups in total. The smallest absolute Gasteiger partial charge is 0.255 e. The van der Waals surface area contributed by atoms with Crippen LogP contribution in [0.15, 0.2) is 18.3 Å². The molecule has 2 aromatic rings. The number of Topliss-reactive ketones (excluding diaryl/α,β-unsaturated/α-hetero) is 1. The van der Waals surface area contributed by atoms with Crippen molar-refractivity contribution in [2.24, 2.45) is 11.3 Å². The van der Waals surface area contributed by atoms with Crippen molar-refractivity contribution in [3.63, 3.8) is 0 Å². The second kappa shape index (κ2) is 6.91. The summed E-state index contributed by atoms with van der Waals surface area (Å²) in [4.78, 5) is 31.2. The van der Waals surface area contributed by atoms with Crippen LogP contribution in [-0.2, 0) is 6.42 Å². The van der Waals surface area contributed by atoms with E-state index in [9.17, 15) is 9.59 Å². The van der Waals surface area contributed by atoms with Crippen LogP contribution >= 0.6 is 0 Å². The summed E-state index contributed by atoms with van der Waals surface area (Å²) >= 11 is 0. The number of nitrogens with zero attached hydrogens (tertiary/aromatic N) is 4. The Morgan fingerprint density at radius 3 is 2.59 bits per heavy atom. The second-order valence-corrected chi connectivity index (χ2v) is 8.74. The number of rotatable bonds is 4. The van der Waals surface area contributed by atoms with Gasteiger partial charge >= 0.3 is 0 Å². The molecule has 0 unspecified atom stereocenters. The number of amides is 1. The predicted molar refractivity (Wildman–Crippen MR) is 104 cm³/mol. The van der Waals surface area contributed by atoms with Crippen molar-refractivity contribution < 1.29 is 9.59 Å². The number of pyridine rings is 1. The zero-order valence-electron chi connectivity index (χ0n) is 17.0. The van der Waals surface area contributed by atoms with Crippen molar-refractivity contribution in [3.05, 3.63) is 40.8 Å². The minimum absolute atomic E-state index is 0.0438. The molecule has 1 amide bonds. The quantitative estimate of drug-likeness (QED) is 0.829. The van der Waals surface area contributed by atoms with Gasteiger partial charge in [0.05, 0.1) is 22.5 Å². The Kier molecular flexibility index (Phi) is 4.93. The molecule has 0 aliphatic heterocycles. The largest absolute Gasteiger partial charge is 0.341 e. The zero-order chi connectivity index (χ0) is 19.9. The Balaban J connectivity index is 1.92. The minimum Gasteiger partial charge on any atom is -0.341 e. The Morgan fingerprint density at radius 2 is 2.00 bits per heavy atom. The van der Waals surface area contributed by atoms with Crippen molar-refractivity contribution in [2.75, 3.05) is 13.6 Å². The first-order valence-corrected chi connectivity index (χ1v) is 9.42. The molecule has 0 aromatic carbocycles. The van der Waals surface area contributed by atoms with E-state index in [1.807, 2.05) is 6.92 Å². The van der Waals surface area contributed by atoms with Gasteiger partial charge in [-0.15, -0.1) is 0 Å². The Morgan fingerprint density at radius 1 is 1.30 bits per heavy atom. The lowest BCUT2D eigenvalue weighted by Gasteiger charge is -2.29. The highest BCUT2D eigenvalue weighted by molar-refractivity contribution is 6.00. The number of ketones is 1. The first-order valence-electron chi connectivity index (χ1n) is 9.42. The van der Waals surface area contributed by atoms with Crippen LogP contribution in [0.1, 0.15) is 66.2 Å². The van der Waals surface area contributed by atoms with Crippen LogP contribution in [0.4, 0.5) is 0 Å². The van der Waals surface area contributed by atoms with Gasteiger partial charge in [-0.25, -0.2) is 9.67 Å². The molecule has 144 valence electrons. The van der Waals surface area contributed by atoms with Gasteiger partial charge in [0.15, 0.2) is 11.6 Å². The molecule has 0 atom stereocenters. The maximum atomic E-state index is 12.5. The van der Waals surface area contributed by atoms with Gasteiger partial charge in [0.1, 0.15) is 0 Å². The average Bonchev–Trinajstić information content (AvgIpc) is 2.89. The summed E-state index contributed by atoms with van der Waals surface area (Å²) < 4.78 is 1.76. The summed E-state index contributed by atoms with van der Waals surface area (Å²) in [5, 5.41) is 4.57. The van der Waals surface area contributed by atoms with Crippen molar-refractivity contribution in [1.29, 1.82) is 0 Å². The monoisotopic (exact) mass is 368 g/mol. The van der Waals surface area contributed by atoms with Crippen LogP contribution in [-0.4, -0.2) is 44.9 Å². The van der Waals surface area contributed by atoms with E-state index in [1.165, 1.54) is 0 Å². The maximum absolute atomic E-state index is 12.5. The molecule has 3 rings (SSSR count). The van der Waals surface area contributed by atoms with Crippen LogP contribution in [0.5, 0.6) is 0 Å². The topological polar surface area (TPSA) is 68.1 Å². The molecule has 0 spiro atoms. The van der Waals surface area contributed by atoms with Crippen LogP contribution in [0.3, 0.4) is 0 Å². The van der Waals surface area contributed by atoms with Crippen LogP contribution < -0.4 is 0 Å². The summed E-state index contributed by atoms with van der Waals surface area (Å²) in [6.07, 6.45) is 2.90. The van der Waals surface area contributed by atoms with Crippen molar-refractivity contribution in [3.8, 4) is 5.82 Å². The van der Waals surface area contributed by atoms with E-state index in [0.29, 0.717) is 30.3 Å². The van der Waals surface area contributed by atoms with Crippen LogP contribution in [0.2, 0.25) is 0 Å². The lowest BCUT2D eigenvalue weighted by molar-refractivity contribution is 0.0778. The molecule has 2 aromatic heterocycles. The number of carbonyl (C=O) groups is 2. The van der Waals surface area contributed by atoms with Crippen molar-refractivity contribution >= 4 is 11.7 Å². The fourth-order valence-electron chi connectivity index (χ4n) is 3.82. The molecule has 0 saturated heterocycles. The lowest BCUT2D eigenvalue weighted by Crippen LogP contribution is -2.30. The predicted octanol–water partition coefficient (Wildman–Crippen LogP) is 3.46. The van der Waals surface area contributed by atoms with Crippen LogP contribution in [0.25, 0.3) is 5.82 Å². The molecule has 27 heavy (non-hydrogen) atoms. The van der Waals surface area contributed by atoms with Gasteiger partial charge in [0.25, 0.3) is 5.91 Å². The summed E-state index contributed by atoms with van der Waals surface area (Å²) in [5.41, 5.74) is 2.84. The molecule has 0 bridgehead atoms. The van der Waals surface area contributed by atoms with Gasteiger partial charge in [-0.1, -0.05) is 27.7 Å². The van der Waals surface area contributed by atoms with E-state index < -0.39 is 0 Å². The van der Waals surface area contributed by atoms with Crippen LogP contribution in [0, 0.1) is 18.3 Å². The lowest BCUT2D eigenvalue weighted by atomic mass is 9.75. The second-order valence-electron chi connectivity index (χ2n) is 8.74. The average molecular weight is 368 g/mol. The summed E-state index contributed by atoms with van der Waals surface area (Å²) in [7, 11) is 1.80. The summed E-state index contributed by atoms with van der Waals surface area (Å²) in [6, 6.07) is 3.58. The molecule has 1 aliphatic rings. The Hall–Kier alpha value is -2.50. The molecule has 0 radical (unpaired) electrons. The van der Waals surface area contributed by atoms with Gasteiger partial charge in [0.2, 0.25) is 0 Å². The number of hydrogen-bond donors (Lipinski definition) is 0. The first kappa shape index (κ1) is 19.3. The van der Waals surface area contributed by atoms with E-state index >= 15 is 0 Å². The van der Waals surface area contributed by atoms with E-state index in [4.69, 9.17) is 0 Å².